The quantitative estimate of drug-likeness (QED) is 0.828. The van der Waals surface area contributed by atoms with E-state index in [1.807, 2.05) is 4.68 Å². The van der Waals surface area contributed by atoms with Crippen LogP contribution in [0.1, 0.15) is 25.4 Å². The first kappa shape index (κ1) is 11.0. The molecule has 1 saturated heterocycles. The number of ether oxygens (including phenoxy) is 1. The number of aromatic nitrogens is 2. The predicted molar refractivity (Wildman–Crippen MR) is 62.0 cm³/mol. The molecular weight excluding hydrogens is 258 g/mol. The van der Waals surface area contributed by atoms with Crippen LogP contribution in [0.5, 0.6) is 5.75 Å². The normalized spacial score (nSPS) is 23.0. The Morgan fingerprint density at radius 1 is 1.53 bits per heavy atom. The predicted octanol–water partition coefficient (Wildman–Crippen LogP) is 2.27. The molecule has 0 spiro atoms. The molecule has 0 aliphatic carbocycles. The lowest BCUT2D eigenvalue weighted by molar-refractivity contribution is 0.113. The van der Waals surface area contributed by atoms with Gasteiger partial charge >= 0.3 is 0 Å². The Morgan fingerprint density at radius 2 is 2.33 bits per heavy atom. The average molecular weight is 274 g/mol. The number of halogens is 1. The van der Waals surface area contributed by atoms with Crippen molar-refractivity contribution in [3.8, 4) is 5.75 Å². The van der Waals surface area contributed by atoms with E-state index in [0.717, 1.165) is 23.3 Å². The van der Waals surface area contributed by atoms with Crippen LogP contribution in [0, 0.1) is 0 Å². The van der Waals surface area contributed by atoms with Crippen molar-refractivity contribution in [2.75, 3.05) is 20.7 Å². The topological polar surface area (TPSA) is 30.3 Å². The summed E-state index contributed by atoms with van der Waals surface area (Å²) >= 11 is 3.52. The van der Waals surface area contributed by atoms with Crippen LogP contribution in [0.3, 0.4) is 0 Å². The highest BCUT2D eigenvalue weighted by atomic mass is 79.9. The zero-order chi connectivity index (χ0) is 10.8. The summed E-state index contributed by atoms with van der Waals surface area (Å²) in [6.45, 7) is 1.14. The molecule has 0 N–H and O–H groups in total. The number of likely N-dealkylation sites (tertiary alicyclic amines) is 1. The molecule has 1 atom stereocenters. The second-order valence-electron chi connectivity index (χ2n) is 3.91. The summed E-state index contributed by atoms with van der Waals surface area (Å²) < 4.78 is 8.13. The molecule has 1 aromatic heterocycles. The SMILES string of the molecule is COc1cnn(C2CCCCN2C)c1Br. The van der Waals surface area contributed by atoms with Gasteiger partial charge in [-0.1, -0.05) is 0 Å². The minimum atomic E-state index is 0.358. The van der Waals surface area contributed by atoms with E-state index in [9.17, 15) is 0 Å². The third kappa shape index (κ3) is 2.03. The summed E-state index contributed by atoms with van der Waals surface area (Å²) in [5.74, 6) is 0.800. The summed E-state index contributed by atoms with van der Waals surface area (Å²) in [6.07, 6.45) is 5.82. The first-order valence-corrected chi connectivity index (χ1v) is 6.00. The smallest absolute Gasteiger partial charge is 0.171 e. The van der Waals surface area contributed by atoms with Crippen LogP contribution < -0.4 is 4.74 Å². The Hall–Kier alpha value is -0.550. The third-order valence-corrected chi connectivity index (χ3v) is 3.69. The molecule has 1 unspecified atom stereocenters. The maximum atomic E-state index is 5.20. The van der Waals surface area contributed by atoms with Gasteiger partial charge in [0, 0.05) is 0 Å². The molecule has 0 aromatic carbocycles. The van der Waals surface area contributed by atoms with Gasteiger partial charge in [0.2, 0.25) is 0 Å². The molecule has 84 valence electrons. The maximum Gasteiger partial charge on any atom is 0.171 e. The molecule has 1 aliphatic heterocycles. The maximum absolute atomic E-state index is 5.20. The van der Waals surface area contributed by atoms with E-state index in [4.69, 9.17) is 4.74 Å². The number of rotatable bonds is 2. The number of nitrogens with zero attached hydrogens (tertiary/aromatic N) is 3. The fourth-order valence-corrected chi connectivity index (χ4v) is 2.63. The standard InChI is InChI=1S/C10H16BrN3O/c1-13-6-4-3-5-9(13)14-10(11)8(15-2)7-12-14/h7,9H,3-6H2,1-2H3. The zero-order valence-corrected chi connectivity index (χ0v) is 10.7. The number of hydrogen-bond donors (Lipinski definition) is 0. The van der Waals surface area contributed by atoms with Gasteiger partial charge < -0.3 is 4.74 Å². The summed E-state index contributed by atoms with van der Waals surface area (Å²) in [5.41, 5.74) is 0. The molecule has 2 rings (SSSR count). The van der Waals surface area contributed by atoms with E-state index in [2.05, 4.69) is 33.0 Å². The Balaban J connectivity index is 2.23. The van der Waals surface area contributed by atoms with Crippen molar-refractivity contribution < 1.29 is 4.74 Å². The van der Waals surface area contributed by atoms with Crippen molar-refractivity contribution in [3.63, 3.8) is 0 Å². The molecule has 15 heavy (non-hydrogen) atoms. The Kier molecular flexibility index (Phi) is 3.31. The van der Waals surface area contributed by atoms with E-state index in [0.29, 0.717) is 6.17 Å². The highest BCUT2D eigenvalue weighted by Crippen LogP contribution is 2.31. The first-order valence-electron chi connectivity index (χ1n) is 5.21. The average Bonchev–Trinajstić information content (AvgIpc) is 2.60. The third-order valence-electron chi connectivity index (χ3n) is 2.94. The highest BCUT2D eigenvalue weighted by molar-refractivity contribution is 9.10. The van der Waals surface area contributed by atoms with E-state index in [1.54, 1.807) is 13.3 Å². The van der Waals surface area contributed by atoms with Crippen LogP contribution in [0.4, 0.5) is 0 Å². The van der Waals surface area contributed by atoms with Crippen LogP contribution in [-0.4, -0.2) is 35.4 Å². The van der Waals surface area contributed by atoms with Crippen LogP contribution in [0.25, 0.3) is 0 Å². The molecule has 1 aliphatic rings. The van der Waals surface area contributed by atoms with Gasteiger partial charge in [-0.15, -0.1) is 0 Å². The lowest BCUT2D eigenvalue weighted by Gasteiger charge is -2.32. The summed E-state index contributed by atoms with van der Waals surface area (Å²) in [7, 11) is 3.81. The highest BCUT2D eigenvalue weighted by Gasteiger charge is 2.24. The van der Waals surface area contributed by atoms with Gasteiger partial charge in [0.15, 0.2) is 5.75 Å². The van der Waals surface area contributed by atoms with Gasteiger partial charge in [0.05, 0.1) is 13.3 Å². The number of hydrogen-bond acceptors (Lipinski definition) is 3. The molecule has 1 fully saturated rings. The fourth-order valence-electron chi connectivity index (χ4n) is 2.04. The van der Waals surface area contributed by atoms with Crippen LogP contribution in [0.2, 0.25) is 0 Å². The minimum Gasteiger partial charge on any atom is -0.492 e. The van der Waals surface area contributed by atoms with Gasteiger partial charge in [-0.3, -0.25) is 4.90 Å². The summed E-state index contributed by atoms with van der Waals surface area (Å²) in [4.78, 5) is 2.33. The number of methoxy groups -OCH3 is 1. The first-order chi connectivity index (χ1) is 7.24. The minimum absolute atomic E-state index is 0.358. The fraction of sp³-hybridized carbons (Fsp3) is 0.700. The second kappa shape index (κ2) is 4.53. The van der Waals surface area contributed by atoms with Crippen molar-refractivity contribution in [2.45, 2.75) is 25.4 Å². The van der Waals surface area contributed by atoms with E-state index in [1.165, 1.54) is 12.8 Å². The lowest BCUT2D eigenvalue weighted by atomic mass is 10.1. The monoisotopic (exact) mass is 273 g/mol. The second-order valence-corrected chi connectivity index (χ2v) is 4.66. The van der Waals surface area contributed by atoms with E-state index < -0.39 is 0 Å². The Morgan fingerprint density at radius 3 is 2.93 bits per heavy atom. The van der Waals surface area contributed by atoms with E-state index >= 15 is 0 Å². The van der Waals surface area contributed by atoms with Crippen LogP contribution >= 0.6 is 15.9 Å². The Labute approximate surface area is 98.3 Å². The lowest BCUT2D eigenvalue weighted by Crippen LogP contribution is -2.34. The van der Waals surface area contributed by atoms with Crippen LogP contribution in [-0.2, 0) is 0 Å². The zero-order valence-electron chi connectivity index (χ0n) is 9.11. The molecule has 0 saturated carbocycles. The molecular formula is C10H16BrN3O. The molecule has 0 amide bonds. The van der Waals surface area contributed by atoms with Gasteiger partial charge in [-0.05, 0) is 48.8 Å². The van der Waals surface area contributed by atoms with E-state index in [-0.39, 0.29) is 0 Å². The van der Waals surface area contributed by atoms with Gasteiger partial charge in [0.25, 0.3) is 0 Å². The Bertz CT molecular complexity index is 339. The van der Waals surface area contributed by atoms with Gasteiger partial charge in [0.1, 0.15) is 10.8 Å². The van der Waals surface area contributed by atoms with Crippen molar-refractivity contribution in [1.29, 1.82) is 0 Å². The summed E-state index contributed by atoms with van der Waals surface area (Å²) in [6, 6.07) is 0. The van der Waals surface area contributed by atoms with Gasteiger partial charge in [-0.2, -0.15) is 5.10 Å². The van der Waals surface area contributed by atoms with Crippen molar-refractivity contribution in [3.05, 3.63) is 10.8 Å². The number of piperidine rings is 1. The van der Waals surface area contributed by atoms with Gasteiger partial charge in [-0.25, -0.2) is 4.68 Å². The molecule has 1 aromatic rings. The molecule has 0 radical (unpaired) electrons. The molecule has 4 nitrogen and oxygen atoms in total. The molecule has 2 heterocycles. The summed E-state index contributed by atoms with van der Waals surface area (Å²) in [5, 5.41) is 4.36. The largest absolute Gasteiger partial charge is 0.492 e. The molecule has 5 heteroatoms. The van der Waals surface area contributed by atoms with Crippen molar-refractivity contribution >= 4 is 15.9 Å². The van der Waals surface area contributed by atoms with Crippen molar-refractivity contribution in [2.24, 2.45) is 0 Å². The van der Waals surface area contributed by atoms with Crippen molar-refractivity contribution in [1.82, 2.24) is 14.7 Å². The molecule has 0 bridgehead atoms. The van der Waals surface area contributed by atoms with Crippen LogP contribution in [0.15, 0.2) is 10.8 Å².